The fourth-order valence-electron chi connectivity index (χ4n) is 2.83. The van der Waals surface area contributed by atoms with E-state index in [4.69, 9.17) is 0 Å². The molecule has 0 aromatic rings. The molecule has 1 rings (SSSR count). The SMILES string of the molecule is CC=C(CB1N(C)CCN1C)C[C](=CC)[Sn]([CH3])([CH3])[CH3]. The summed E-state index contributed by atoms with van der Waals surface area (Å²) in [7, 11) is 4.50. The molecule has 1 aliphatic heterocycles. The van der Waals surface area contributed by atoms with Gasteiger partial charge in [0.2, 0.25) is 0 Å². The standard InChI is InChI=1S/C12H22BN2.3CH3.Sn/c1-5-7-8-12(6-2)11-13-14(3)9-10-15(13)4;;;;/h5-6H,8-11H2,1-4H3;3*1H3;. The van der Waals surface area contributed by atoms with Crippen LogP contribution in [0.5, 0.6) is 0 Å². The maximum absolute atomic E-state index is 2.52. The molecule has 19 heavy (non-hydrogen) atoms. The normalized spacial score (nSPS) is 20.5. The molecular formula is C15H31BN2Sn. The zero-order chi connectivity index (χ0) is 14.6. The molecule has 0 aliphatic carbocycles. The molecule has 2 nitrogen and oxygen atoms in total. The van der Waals surface area contributed by atoms with Crippen LogP contribution in [0.4, 0.5) is 0 Å². The molecule has 0 aromatic carbocycles. The van der Waals surface area contributed by atoms with Gasteiger partial charge in [0.25, 0.3) is 0 Å². The van der Waals surface area contributed by atoms with Crippen LogP contribution in [0, 0.1) is 0 Å². The van der Waals surface area contributed by atoms with E-state index >= 15 is 0 Å². The Morgan fingerprint density at radius 1 is 1.05 bits per heavy atom. The van der Waals surface area contributed by atoms with Crippen molar-refractivity contribution < 1.29 is 0 Å². The van der Waals surface area contributed by atoms with Crippen LogP contribution in [0.25, 0.3) is 0 Å². The van der Waals surface area contributed by atoms with Gasteiger partial charge in [-0.05, 0) is 0 Å². The van der Waals surface area contributed by atoms with Crippen LogP contribution >= 0.6 is 0 Å². The Hall–Kier alpha value is 0.264. The van der Waals surface area contributed by atoms with Gasteiger partial charge in [0.1, 0.15) is 0 Å². The molecule has 1 aliphatic rings. The molecule has 1 fully saturated rings. The van der Waals surface area contributed by atoms with Crippen LogP contribution < -0.4 is 0 Å². The second-order valence-electron chi connectivity index (χ2n) is 6.83. The van der Waals surface area contributed by atoms with Gasteiger partial charge in [0, 0.05) is 0 Å². The van der Waals surface area contributed by atoms with Crippen molar-refractivity contribution in [2.45, 2.75) is 41.4 Å². The van der Waals surface area contributed by atoms with Gasteiger partial charge in [-0.25, -0.2) is 0 Å². The van der Waals surface area contributed by atoms with E-state index in [9.17, 15) is 0 Å². The molecule has 0 amide bonds. The molecule has 108 valence electrons. The average Bonchev–Trinajstić information content (AvgIpc) is 2.63. The first-order valence-corrected chi connectivity index (χ1v) is 17.5. The van der Waals surface area contributed by atoms with Crippen LogP contribution in [0.2, 0.25) is 21.1 Å². The number of nitrogens with zero attached hydrogens (tertiary/aromatic N) is 2. The second-order valence-corrected chi connectivity index (χ2v) is 21.5. The molecule has 0 saturated carbocycles. The molecule has 0 radical (unpaired) electrons. The molecule has 0 unspecified atom stereocenters. The molecule has 1 heterocycles. The summed E-state index contributed by atoms with van der Waals surface area (Å²) < 4.78 is 1.76. The number of allylic oxidation sites excluding steroid dienone is 4. The van der Waals surface area contributed by atoms with Gasteiger partial charge in [-0.3, -0.25) is 0 Å². The fraction of sp³-hybridized carbons (Fsp3) is 0.733. The van der Waals surface area contributed by atoms with Crippen molar-refractivity contribution in [2.75, 3.05) is 27.2 Å². The number of hydrogen-bond donors (Lipinski definition) is 0. The molecule has 0 atom stereocenters. The van der Waals surface area contributed by atoms with Gasteiger partial charge in [0.15, 0.2) is 0 Å². The molecular weight excluding hydrogens is 338 g/mol. The van der Waals surface area contributed by atoms with Gasteiger partial charge in [-0.15, -0.1) is 0 Å². The van der Waals surface area contributed by atoms with Crippen molar-refractivity contribution in [1.82, 2.24) is 9.62 Å². The Balaban J connectivity index is 2.70. The average molecular weight is 369 g/mol. The maximum atomic E-state index is 2.52. The van der Waals surface area contributed by atoms with Crippen molar-refractivity contribution in [1.29, 1.82) is 0 Å². The predicted octanol–water partition coefficient (Wildman–Crippen LogP) is 3.51. The first-order chi connectivity index (χ1) is 8.79. The van der Waals surface area contributed by atoms with Gasteiger partial charge in [-0.1, -0.05) is 0 Å². The zero-order valence-corrected chi connectivity index (χ0v) is 16.8. The number of likely N-dealkylation sites (N-methyl/N-ethyl adjacent to an activating group) is 2. The summed E-state index contributed by atoms with van der Waals surface area (Å²) >= 11 is -1.90. The second kappa shape index (κ2) is 7.32. The summed E-state index contributed by atoms with van der Waals surface area (Å²) in [6, 6.07) is 0. The Morgan fingerprint density at radius 3 is 1.95 bits per heavy atom. The zero-order valence-electron chi connectivity index (χ0n) is 14.0. The first kappa shape index (κ1) is 17.3. The van der Waals surface area contributed by atoms with E-state index in [2.05, 4.69) is 64.5 Å². The third-order valence-electron chi connectivity index (χ3n) is 4.41. The van der Waals surface area contributed by atoms with Crippen molar-refractivity contribution in [3.05, 3.63) is 21.3 Å². The van der Waals surface area contributed by atoms with Gasteiger partial charge in [0.05, 0.1) is 0 Å². The molecule has 0 bridgehead atoms. The van der Waals surface area contributed by atoms with Gasteiger partial charge >= 0.3 is 125 Å². The molecule has 4 heteroatoms. The monoisotopic (exact) mass is 370 g/mol. The Morgan fingerprint density at radius 2 is 1.58 bits per heavy atom. The Labute approximate surface area is 124 Å². The van der Waals surface area contributed by atoms with Crippen molar-refractivity contribution in [2.24, 2.45) is 0 Å². The van der Waals surface area contributed by atoms with Crippen LogP contribution in [0.1, 0.15) is 20.3 Å². The summed E-state index contributed by atoms with van der Waals surface area (Å²) in [5.41, 5.74) is 1.62. The van der Waals surface area contributed by atoms with E-state index < -0.39 is 18.4 Å². The van der Waals surface area contributed by atoms with Crippen LogP contribution in [-0.2, 0) is 0 Å². The summed E-state index contributed by atoms with van der Waals surface area (Å²) in [5.74, 6) is 0. The molecule has 0 N–H and O–H groups in total. The Kier molecular flexibility index (Phi) is 6.67. The van der Waals surface area contributed by atoms with Gasteiger partial charge in [-0.2, -0.15) is 0 Å². The third-order valence-corrected chi connectivity index (χ3v) is 11.2. The van der Waals surface area contributed by atoms with Crippen molar-refractivity contribution in [3.8, 4) is 0 Å². The van der Waals surface area contributed by atoms with Crippen molar-refractivity contribution in [3.63, 3.8) is 0 Å². The summed E-state index contributed by atoms with van der Waals surface area (Å²) in [6.07, 6.45) is 7.15. The third kappa shape index (κ3) is 4.94. The van der Waals surface area contributed by atoms with E-state index in [-0.39, 0.29) is 0 Å². The fourth-order valence-corrected chi connectivity index (χ4v) is 7.47. The van der Waals surface area contributed by atoms with E-state index in [1.807, 2.05) is 0 Å². The quantitative estimate of drug-likeness (QED) is 0.541. The van der Waals surface area contributed by atoms with Crippen LogP contribution in [0.15, 0.2) is 21.3 Å². The van der Waals surface area contributed by atoms with E-state index in [0.717, 1.165) is 0 Å². The Bertz CT molecular complexity index is 348. The summed E-state index contributed by atoms with van der Waals surface area (Å²) in [6.45, 7) is 7.42. The minimum absolute atomic E-state index is 0.597. The van der Waals surface area contributed by atoms with Gasteiger partial charge < -0.3 is 0 Å². The summed E-state index contributed by atoms with van der Waals surface area (Å²) in [5, 5.41) is 0. The van der Waals surface area contributed by atoms with E-state index in [1.54, 1.807) is 9.16 Å². The van der Waals surface area contributed by atoms with Crippen LogP contribution in [0.3, 0.4) is 0 Å². The van der Waals surface area contributed by atoms with Crippen LogP contribution in [-0.4, -0.2) is 62.2 Å². The first-order valence-electron chi connectivity index (χ1n) is 7.49. The predicted molar refractivity (Wildman–Crippen MR) is 91.3 cm³/mol. The topological polar surface area (TPSA) is 6.48 Å². The number of hydrogen-bond acceptors (Lipinski definition) is 2. The molecule has 1 saturated heterocycles. The molecule has 0 aromatic heterocycles. The van der Waals surface area contributed by atoms with E-state index in [1.165, 1.54) is 25.8 Å². The summed E-state index contributed by atoms with van der Waals surface area (Å²) in [4.78, 5) is 12.5. The minimum atomic E-state index is -1.90. The van der Waals surface area contributed by atoms with E-state index in [0.29, 0.717) is 6.98 Å². The van der Waals surface area contributed by atoms with Crippen molar-refractivity contribution >= 4 is 25.4 Å². The molecule has 0 spiro atoms. The number of rotatable bonds is 5.